The molecule has 2 aliphatic rings. The molecule has 16 heavy (non-hydrogen) atoms. The predicted molar refractivity (Wildman–Crippen MR) is 62.4 cm³/mol. The fraction of sp³-hybridized carbons (Fsp3) is 0.917. The number of carbonyl (C=O) groups is 1. The van der Waals surface area contributed by atoms with E-state index in [1.807, 2.05) is 0 Å². The van der Waals surface area contributed by atoms with Gasteiger partial charge in [-0.2, -0.15) is 0 Å². The number of nitrogens with one attached hydrogen (secondary N) is 1. The highest BCUT2D eigenvalue weighted by Crippen LogP contribution is 2.30. The number of hydrogen-bond acceptors (Lipinski definition) is 3. The highest BCUT2D eigenvalue weighted by Gasteiger charge is 2.31. The van der Waals surface area contributed by atoms with Gasteiger partial charge >= 0.3 is 5.97 Å². The predicted octanol–water partition coefficient (Wildman–Crippen LogP) is 0.923. The minimum Gasteiger partial charge on any atom is -0.480 e. The molecule has 2 unspecified atom stereocenters. The van der Waals surface area contributed by atoms with Crippen molar-refractivity contribution in [3.63, 3.8) is 0 Å². The molecule has 0 spiro atoms. The molecule has 0 aromatic heterocycles. The van der Waals surface area contributed by atoms with Crippen LogP contribution >= 0.6 is 0 Å². The van der Waals surface area contributed by atoms with Gasteiger partial charge in [-0.05, 0) is 45.1 Å². The largest absolute Gasteiger partial charge is 0.480 e. The lowest BCUT2D eigenvalue weighted by molar-refractivity contribution is -0.142. The zero-order valence-electron chi connectivity index (χ0n) is 9.98. The molecule has 2 rings (SSSR count). The van der Waals surface area contributed by atoms with E-state index in [2.05, 4.69) is 10.2 Å². The number of nitrogens with zero attached hydrogens (tertiary/aromatic N) is 1. The Kier molecular flexibility index (Phi) is 3.82. The van der Waals surface area contributed by atoms with Gasteiger partial charge < -0.3 is 10.4 Å². The van der Waals surface area contributed by atoms with E-state index in [0.29, 0.717) is 6.04 Å². The van der Waals surface area contributed by atoms with Crippen molar-refractivity contribution in [2.24, 2.45) is 5.92 Å². The van der Waals surface area contributed by atoms with Gasteiger partial charge in [0.25, 0.3) is 0 Å². The maximum atomic E-state index is 11.1. The minimum atomic E-state index is -0.696. The highest BCUT2D eigenvalue weighted by atomic mass is 16.4. The molecule has 1 aliphatic heterocycles. The Hall–Kier alpha value is -0.610. The first-order valence-electron chi connectivity index (χ1n) is 6.37. The third kappa shape index (κ3) is 3.19. The lowest BCUT2D eigenvalue weighted by Gasteiger charge is -2.29. The van der Waals surface area contributed by atoms with E-state index < -0.39 is 5.97 Å². The number of rotatable bonds is 6. The quantitative estimate of drug-likeness (QED) is 0.707. The summed E-state index contributed by atoms with van der Waals surface area (Å²) in [6.45, 7) is 4.75. The SMILES string of the molecule is CC(C(=O)O)N(CC1CC1)CC1CCCN1. The smallest absolute Gasteiger partial charge is 0.320 e. The fourth-order valence-electron chi connectivity index (χ4n) is 2.37. The van der Waals surface area contributed by atoms with Gasteiger partial charge in [-0.1, -0.05) is 0 Å². The molecule has 0 amide bonds. The highest BCUT2D eigenvalue weighted by molar-refractivity contribution is 5.72. The van der Waals surface area contributed by atoms with E-state index in [0.717, 1.165) is 25.6 Å². The molecular weight excluding hydrogens is 204 g/mol. The number of hydrogen-bond donors (Lipinski definition) is 2. The summed E-state index contributed by atoms with van der Waals surface area (Å²) in [7, 11) is 0. The van der Waals surface area contributed by atoms with Crippen LogP contribution in [0.1, 0.15) is 32.6 Å². The van der Waals surface area contributed by atoms with E-state index in [-0.39, 0.29) is 6.04 Å². The van der Waals surface area contributed by atoms with Crippen LogP contribution in [0.25, 0.3) is 0 Å². The van der Waals surface area contributed by atoms with Gasteiger partial charge in [0.1, 0.15) is 6.04 Å². The summed E-state index contributed by atoms with van der Waals surface area (Å²) < 4.78 is 0. The van der Waals surface area contributed by atoms with Crippen LogP contribution in [-0.2, 0) is 4.79 Å². The summed E-state index contributed by atoms with van der Waals surface area (Å²) in [6.07, 6.45) is 4.97. The second-order valence-electron chi connectivity index (χ2n) is 5.20. The van der Waals surface area contributed by atoms with Gasteiger partial charge in [-0.25, -0.2) is 0 Å². The first-order valence-corrected chi connectivity index (χ1v) is 6.37. The zero-order valence-corrected chi connectivity index (χ0v) is 9.98. The maximum Gasteiger partial charge on any atom is 0.320 e. The first kappa shape index (κ1) is 11.9. The molecular formula is C12H22N2O2. The second kappa shape index (κ2) is 5.15. The van der Waals surface area contributed by atoms with E-state index in [9.17, 15) is 4.79 Å². The van der Waals surface area contributed by atoms with Crippen molar-refractivity contribution < 1.29 is 9.90 Å². The van der Waals surface area contributed by atoms with E-state index in [1.54, 1.807) is 6.92 Å². The lowest BCUT2D eigenvalue weighted by atomic mass is 10.1. The van der Waals surface area contributed by atoms with Crippen molar-refractivity contribution in [2.45, 2.75) is 44.7 Å². The Balaban J connectivity index is 1.86. The fourth-order valence-corrected chi connectivity index (χ4v) is 2.37. The van der Waals surface area contributed by atoms with E-state index in [1.165, 1.54) is 25.7 Å². The molecule has 0 radical (unpaired) electrons. The van der Waals surface area contributed by atoms with Gasteiger partial charge in [0.2, 0.25) is 0 Å². The van der Waals surface area contributed by atoms with E-state index in [4.69, 9.17) is 5.11 Å². The Morgan fingerprint density at radius 1 is 1.44 bits per heavy atom. The van der Waals surface area contributed by atoms with Crippen LogP contribution in [-0.4, -0.2) is 47.7 Å². The molecule has 4 heteroatoms. The summed E-state index contributed by atoms with van der Waals surface area (Å²) in [5.41, 5.74) is 0. The van der Waals surface area contributed by atoms with Gasteiger partial charge in [0.05, 0.1) is 0 Å². The number of carboxylic acid groups (broad SMARTS) is 1. The molecule has 0 aromatic rings. The van der Waals surface area contributed by atoms with Crippen LogP contribution < -0.4 is 5.32 Å². The first-order chi connectivity index (χ1) is 7.66. The van der Waals surface area contributed by atoms with Gasteiger partial charge in [0.15, 0.2) is 0 Å². The average molecular weight is 226 g/mol. The molecule has 1 heterocycles. The summed E-state index contributed by atoms with van der Waals surface area (Å²) in [5, 5.41) is 12.5. The average Bonchev–Trinajstić information content (AvgIpc) is 2.91. The lowest BCUT2D eigenvalue weighted by Crippen LogP contribution is -2.46. The van der Waals surface area contributed by atoms with Crippen molar-refractivity contribution in [1.82, 2.24) is 10.2 Å². The Morgan fingerprint density at radius 2 is 2.19 bits per heavy atom. The van der Waals surface area contributed by atoms with Gasteiger partial charge in [-0.15, -0.1) is 0 Å². The third-order valence-corrected chi connectivity index (χ3v) is 3.71. The third-order valence-electron chi connectivity index (χ3n) is 3.71. The summed E-state index contributed by atoms with van der Waals surface area (Å²) >= 11 is 0. The molecule has 1 aliphatic carbocycles. The summed E-state index contributed by atoms with van der Waals surface area (Å²) in [4.78, 5) is 13.2. The maximum absolute atomic E-state index is 11.1. The Labute approximate surface area is 97.0 Å². The van der Waals surface area contributed by atoms with Gasteiger partial charge in [-0.3, -0.25) is 9.69 Å². The Morgan fingerprint density at radius 3 is 2.69 bits per heavy atom. The van der Waals surface area contributed by atoms with Gasteiger partial charge in [0, 0.05) is 19.1 Å². The number of carboxylic acids is 1. The molecule has 1 saturated carbocycles. The standard InChI is InChI=1S/C12H22N2O2/c1-9(12(15)16)14(7-10-4-5-10)8-11-3-2-6-13-11/h9-11,13H,2-8H2,1H3,(H,15,16). The normalized spacial score (nSPS) is 27.2. The van der Waals surface area contributed by atoms with Crippen LogP contribution in [0.5, 0.6) is 0 Å². The second-order valence-corrected chi connectivity index (χ2v) is 5.20. The van der Waals surface area contributed by atoms with Crippen molar-refractivity contribution in [1.29, 1.82) is 0 Å². The molecule has 2 fully saturated rings. The summed E-state index contributed by atoms with van der Waals surface area (Å²) in [6, 6.07) is 0.156. The summed E-state index contributed by atoms with van der Waals surface area (Å²) in [5.74, 6) is 0.0573. The van der Waals surface area contributed by atoms with Crippen molar-refractivity contribution in [3.8, 4) is 0 Å². The van der Waals surface area contributed by atoms with Crippen LogP contribution in [0.4, 0.5) is 0 Å². The molecule has 2 atom stereocenters. The molecule has 92 valence electrons. The van der Waals surface area contributed by atoms with Crippen LogP contribution in [0, 0.1) is 5.92 Å². The van der Waals surface area contributed by atoms with Crippen molar-refractivity contribution >= 4 is 5.97 Å². The van der Waals surface area contributed by atoms with Crippen molar-refractivity contribution in [3.05, 3.63) is 0 Å². The Bertz CT molecular complexity index is 247. The topological polar surface area (TPSA) is 52.6 Å². The zero-order chi connectivity index (χ0) is 11.5. The monoisotopic (exact) mass is 226 g/mol. The minimum absolute atomic E-state index is 0.344. The van der Waals surface area contributed by atoms with Crippen LogP contribution in [0.2, 0.25) is 0 Å². The molecule has 0 aromatic carbocycles. The molecule has 0 bridgehead atoms. The van der Waals surface area contributed by atoms with Crippen molar-refractivity contribution in [2.75, 3.05) is 19.6 Å². The van der Waals surface area contributed by atoms with E-state index >= 15 is 0 Å². The van der Waals surface area contributed by atoms with Crippen LogP contribution in [0.15, 0.2) is 0 Å². The molecule has 4 nitrogen and oxygen atoms in total. The molecule has 1 saturated heterocycles. The molecule has 2 N–H and O–H groups in total. The van der Waals surface area contributed by atoms with Crippen LogP contribution in [0.3, 0.4) is 0 Å². The number of aliphatic carboxylic acids is 1.